The fraction of sp³-hybridized carbons (Fsp3) is 0.571. The second-order valence-electron chi connectivity index (χ2n) is 5.80. The number of carbonyl (C=O) groups is 2. The highest BCUT2D eigenvalue weighted by Crippen LogP contribution is 2.17. The largest absolute Gasteiger partial charge is 0.480 e. The van der Waals surface area contributed by atoms with Crippen LogP contribution in [-0.2, 0) is 11.3 Å². The smallest absolute Gasteiger partial charge is 0.323 e. The van der Waals surface area contributed by atoms with Gasteiger partial charge in [-0.1, -0.05) is 0 Å². The van der Waals surface area contributed by atoms with E-state index in [1.807, 2.05) is 13.0 Å². The predicted molar refractivity (Wildman–Crippen MR) is 74.4 cm³/mol. The van der Waals surface area contributed by atoms with E-state index < -0.39 is 11.5 Å². The van der Waals surface area contributed by atoms with Crippen molar-refractivity contribution in [1.82, 2.24) is 9.80 Å². The fourth-order valence-corrected chi connectivity index (χ4v) is 1.80. The molecule has 0 saturated carbocycles. The molecule has 0 fully saturated rings. The van der Waals surface area contributed by atoms with Gasteiger partial charge < -0.3 is 19.3 Å². The average molecular weight is 282 g/mol. The normalized spacial score (nSPS) is 11.2. The molecule has 1 heterocycles. The van der Waals surface area contributed by atoms with E-state index in [0.717, 1.165) is 5.76 Å². The highest BCUT2D eigenvalue weighted by atomic mass is 16.4. The maximum atomic E-state index is 12.4. The average Bonchev–Trinajstić information content (AvgIpc) is 2.69. The number of aliphatic carboxylic acids is 1. The molecule has 6 nitrogen and oxygen atoms in total. The minimum Gasteiger partial charge on any atom is -0.480 e. The van der Waals surface area contributed by atoms with Crippen LogP contribution in [0.3, 0.4) is 0 Å². The summed E-state index contributed by atoms with van der Waals surface area (Å²) in [6.07, 6.45) is 0. The van der Waals surface area contributed by atoms with Crippen molar-refractivity contribution in [3.63, 3.8) is 0 Å². The lowest BCUT2D eigenvalue weighted by atomic mass is 10.1. The van der Waals surface area contributed by atoms with Gasteiger partial charge in [-0.05, 0) is 39.8 Å². The molecule has 0 aliphatic rings. The van der Waals surface area contributed by atoms with Crippen LogP contribution >= 0.6 is 0 Å². The van der Waals surface area contributed by atoms with Crippen LogP contribution in [0, 0.1) is 6.92 Å². The van der Waals surface area contributed by atoms with Gasteiger partial charge in [-0.15, -0.1) is 0 Å². The molecule has 1 rings (SSSR count). The predicted octanol–water partition coefficient (Wildman–Crippen LogP) is 2.32. The molecule has 112 valence electrons. The van der Waals surface area contributed by atoms with Crippen LogP contribution in [0.5, 0.6) is 0 Å². The number of hydrogen-bond donors (Lipinski definition) is 1. The van der Waals surface area contributed by atoms with Crippen molar-refractivity contribution in [2.45, 2.75) is 39.8 Å². The van der Waals surface area contributed by atoms with Gasteiger partial charge >= 0.3 is 12.0 Å². The van der Waals surface area contributed by atoms with Crippen LogP contribution in [0.1, 0.15) is 32.3 Å². The van der Waals surface area contributed by atoms with E-state index in [0.29, 0.717) is 12.3 Å². The molecule has 0 aliphatic carbocycles. The van der Waals surface area contributed by atoms with Gasteiger partial charge in [0.25, 0.3) is 0 Å². The molecule has 6 heteroatoms. The van der Waals surface area contributed by atoms with Crippen molar-refractivity contribution in [3.05, 3.63) is 23.7 Å². The van der Waals surface area contributed by atoms with Gasteiger partial charge in [-0.25, -0.2) is 4.79 Å². The highest BCUT2D eigenvalue weighted by molar-refractivity contribution is 5.80. The lowest BCUT2D eigenvalue weighted by Gasteiger charge is -2.37. The van der Waals surface area contributed by atoms with Gasteiger partial charge in [0, 0.05) is 12.6 Å². The number of carbonyl (C=O) groups excluding carboxylic acids is 1. The van der Waals surface area contributed by atoms with Crippen LogP contribution in [-0.4, -0.2) is 46.0 Å². The summed E-state index contributed by atoms with van der Waals surface area (Å²) >= 11 is 0. The Bertz CT molecular complexity index is 488. The Morgan fingerprint density at radius 1 is 1.30 bits per heavy atom. The number of rotatable bonds is 4. The van der Waals surface area contributed by atoms with E-state index in [1.165, 1.54) is 9.80 Å². The third-order valence-electron chi connectivity index (χ3n) is 2.85. The van der Waals surface area contributed by atoms with Gasteiger partial charge in [0.05, 0.1) is 6.54 Å². The van der Waals surface area contributed by atoms with Crippen molar-refractivity contribution in [3.8, 4) is 0 Å². The first-order chi connectivity index (χ1) is 9.11. The molecule has 1 N–H and O–H groups in total. The third kappa shape index (κ3) is 4.29. The van der Waals surface area contributed by atoms with Gasteiger partial charge in [0.15, 0.2) is 0 Å². The molecule has 0 radical (unpaired) electrons. The molecule has 0 spiro atoms. The number of urea groups is 1. The summed E-state index contributed by atoms with van der Waals surface area (Å²) in [6, 6.07) is 3.29. The number of carboxylic acid groups (broad SMARTS) is 1. The van der Waals surface area contributed by atoms with Crippen LogP contribution in [0.15, 0.2) is 16.5 Å². The quantitative estimate of drug-likeness (QED) is 0.919. The first kappa shape index (κ1) is 16.1. The Kier molecular flexibility index (Phi) is 4.81. The van der Waals surface area contributed by atoms with E-state index >= 15 is 0 Å². The Balaban J connectivity index is 2.80. The molecule has 20 heavy (non-hydrogen) atoms. The Morgan fingerprint density at radius 3 is 2.30 bits per heavy atom. The summed E-state index contributed by atoms with van der Waals surface area (Å²) < 4.78 is 5.42. The zero-order chi connectivity index (χ0) is 15.5. The number of aryl methyl sites for hydroxylation is 1. The Hall–Kier alpha value is -1.98. The molecular formula is C14H22N2O4. The minimum absolute atomic E-state index is 0.304. The fourth-order valence-electron chi connectivity index (χ4n) is 1.80. The van der Waals surface area contributed by atoms with Crippen molar-refractivity contribution in [2.75, 3.05) is 13.6 Å². The van der Waals surface area contributed by atoms with Crippen LogP contribution in [0.2, 0.25) is 0 Å². The molecule has 1 aromatic rings. The molecule has 0 bridgehead atoms. The number of nitrogens with zero attached hydrogens (tertiary/aromatic N) is 2. The van der Waals surface area contributed by atoms with Gasteiger partial charge in [0.2, 0.25) is 0 Å². The van der Waals surface area contributed by atoms with Crippen LogP contribution < -0.4 is 0 Å². The molecular weight excluding hydrogens is 260 g/mol. The van der Waals surface area contributed by atoms with Crippen molar-refractivity contribution in [1.29, 1.82) is 0 Å². The topological polar surface area (TPSA) is 74.0 Å². The highest BCUT2D eigenvalue weighted by Gasteiger charge is 2.30. The maximum absolute atomic E-state index is 12.4. The first-order valence-corrected chi connectivity index (χ1v) is 6.41. The standard InChI is InChI=1S/C14H22N2O4/c1-10-6-7-11(20-10)8-15(5)13(19)16(9-12(17)18)14(2,3)4/h6-7H,8-9H2,1-5H3,(H,17,18). The van der Waals surface area contributed by atoms with E-state index in [9.17, 15) is 9.59 Å². The minimum atomic E-state index is -1.03. The summed E-state index contributed by atoms with van der Waals surface area (Å²) in [5.74, 6) is 0.414. The van der Waals surface area contributed by atoms with E-state index in [-0.39, 0.29) is 12.6 Å². The van der Waals surface area contributed by atoms with Gasteiger partial charge in [-0.3, -0.25) is 4.79 Å². The van der Waals surface area contributed by atoms with E-state index in [1.54, 1.807) is 33.9 Å². The van der Waals surface area contributed by atoms with Crippen molar-refractivity contribution in [2.24, 2.45) is 0 Å². The zero-order valence-electron chi connectivity index (χ0n) is 12.6. The van der Waals surface area contributed by atoms with Crippen LogP contribution in [0.4, 0.5) is 4.79 Å². The summed E-state index contributed by atoms with van der Waals surface area (Å²) in [7, 11) is 1.63. The third-order valence-corrected chi connectivity index (χ3v) is 2.85. The second kappa shape index (κ2) is 5.98. The van der Waals surface area contributed by atoms with Gasteiger partial charge in [0.1, 0.15) is 18.1 Å². The van der Waals surface area contributed by atoms with Crippen molar-refractivity contribution >= 4 is 12.0 Å². The van der Waals surface area contributed by atoms with Gasteiger partial charge in [-0.2, -0.15) is 0 Å². The molecule has 0 saturated heterocycles. The monoisotopic (exact) mass is 282 g/mol. The number of hydrogen-bond acceptors (Lipinski definition) is 3. The molecule has 2 amide bonds. The summed E-state index contributed by atoms with van der Waals surface area (Å²) in [5, 5.41) is 8.94. The maximum Gasteiger partial charge on any atom is 0.323 e. The Morgan fingerprint density at radius 2 is 1.90 bits per heavy atom. The second-order valence-corrected chi connectivity index (χ2v) is 5.80. The van der Waals surface area contributed by atoms with E-state index in [2.05, 4.69) is 0 Å². The first-order valence-electron chi connectivity index (χ1n) is 6.41. The SMILES string of the molecule is Cc1ccc(CN(C)C(=O)N(CC(=O)O)C(C)(C)C)o1. The van der Waals surface area contributed by atoms with E-state index in [4.69, 9.17) is 9.52 Å². The molecule has 0 aliphatic heterocycles. The zero-order valence-corrected chi connectivity index (χ0v) is 12.6. The Labute approximate surface area is 119 Å². The summed E-state index contributed by atoms with van der Waals surface area (Å²) in [6.45, 7) is 7.22. The number of carboxylic acids is 1. The summed E-state index contributed by atoms with van der Waals surface area (Å²) in [5.41, 5.74) is -0.567. The number of amides is 2. The molecule has 0 atom stereocenters. The van der Waals surface area contributed by atoms with Crippen molar-refractivity contribution < 1.29 is 19.1 Å². The molecule has 1 aromatic heterocycles. The summed E-state index contributed by atoms with van der Waals surface area (Å²) in [4.78, 5) is 26.1. The lowest BCUT2D eigenvalue weighted by molar-refractivity contribution is -0.138. The van der Waals surface area contributed by atoms with Crippen LogP contribution in [0.25, 0.3) is 0 Å². The molecule has 0 unspecified atom stereocenters. The number of furan rings is 1. The lowest BCUT2D eigenvalue weighted by Crippen LogP contribution is -2.52. The molecule has 0 aromatic carbocycles.